The van der Waals surface area contributed by atoms with Gasteiger partial charge in [0.25, 0.3) is 0 Å². The lowest BCUT2D eigenvalue weighted by Gasteiger charge is -2.10. The molecule has 4 nitrogen and oxygen atoms in total. The third kappa shape index (κ3) is 1.12. The first-order valence-electron chi connectivity index (χ1n) is 3.68. The normalized spacial score (nSPS) is 13.4. The molecule has 0 unspecified atom stereocenters. The number of nitrogens with zero attached hydrogens (tertiary/aromatic N) is 1. The molecule has 62 valence electrons. The molecular weight excluding hydrogens is 154 g/mol. The summed E-state index contributed by atoms with van der Waals surface area (Å²) < 4.78 is 0. The van der Waals surface area contributed by atoms with Gasteiger partial charge in [-0.2, -0.15) is 0 Å². The summed E-state index contributed by atoms with van der Waals surface area (Å²) in [5, 5.41) is 3.70. The molecule has 0 aliphatic carbocycles. The molecule has 0 amide bonds. The SMILES string of the molecule is NNc1ccc2c(c1)CC=NO2. The van der Waals surface area contributed by atoms with E-state index in [2.05, 4.69) is 10.6 Å². The van der Waals surface area contributed by atoms with Crippen molar-refractivity contribution >= 4 is 11.9 Å². The number of hydrogen-bond donors (Lipinski definition) is 2. The summed E-state index contributed by atoms with van der Waals surface area (Å²) in [4.78, 5) is 5.02. The van der Waals surface area contributed by atoms with Crippen molar-refractivity contribution in [1.82, 2.24) is 0 Å². The number of fused-ring (bicyclic) bond motifs is 1. The van der Waals surface area contributed by atoms with E-state index < -0.39 is 0 Å². The Morgan fingerprint density at radius 3 is 3.25 bits per heavy atom. The Bertz CT molecular complexity index is 322. The molecule has 0 saturated heterocycles. The van der Waals surface area contributed by atoms with E-state index >= 15 is 0 Å². The Labute approximate surface area is 70.0 Å². The van der Waals surface area contributed by atoms with Gasteiger partial charge in [-0.25, -0.2) is 0 Å². The van der Waals surface area contributed by atoms with E-state index in [1.165, 1.54) is 0 Å². The van der Waals surface area contributed by atoms with E-state index in [-0.39, 0.29) is 0 Å². The fourth-order valence-electron chi connectivity index (χ4n) is 1.15. The Hall–Kier alpha value is -1.55. The van der Waals surface area contributed by atoms with Crippen LogP contribution in [0.4, 0.5) is 5.69 Å². The zero-order valence-electron chi connectivity index (χ0n) is 6.45. The summed E-state index contributed by atoms with van der Waals surface area (Å²) in [6.45, 7) is 0. The molecule has 4 heteroatoms. The maximum absolute atomic E-state index is 5.26. The third-order valence-corrected chi connectivity index (χ3v) is 1.76. The Morgan fingerprint density at radius 1 is 1.50 bits per heavy atom. The number of hydrogen-bond acceptors (Lipinski definition) is 4. The van der Waals surface area contributed by atoms with E-state index in [9.17, 15) is 0 Å². The zero-order valence-corrected chi connectivity index (χ0v) is 6.45. The van der Waals surface area contributed by atoms with Gasteiger partial charge < -0.3 is 10.3 Å². The average Bonchev–Trinajstić information content (AvgIpc) is 2.17. The van der Waals surface area contributed by atoms with Crippen molar-refractivity contribution in [2.24, 2.45) is 11.0 Å². The van der Waals surface area contributed by atoms with E-state index in [1.807, 2.05) is 18.2 Å². The van der Waals surface area contributed by atoms with E-state index in [0.29, 0.717) is 0 Å². The Morgan fingerprint density at radius 2 is 2.42 bits per heavy atom. The maximum atomic E-state index is 5.26. The van der Waals surface area contributed by atoms with Crippen molar-refractivity contribution in [2.45, 2.75) is 6.42 Å². The number of anilines is 1. The largest absolute Gasteiger partial charge is 0.357 e. The van der Waals surface area contributed by atoms with Gasteiger partial charge in [-0.15, -0.1) is 0 Å². The average molecular weight is 163 g/mol. The molecule has 1 aromatic rings. The summed E-state index contributed by atoms with van der Waals surface area (Å²) in [6.07, 6.45) is 2.52. The second-order valence-electron chi connectivity index (χ2n) is 2.55. The lowest BCUT2D eigenvalue weighted by Crippen LogP contribution is -2.08. The predicted octanol–water partition coefficient (Wildman–Crippen LogP) is 0.893. The van der Waals surface area contributed by atoms with Crippen molar-refractivity contribution in [3.8, 4) is 5.75 Å². The van der Waals surface area contributed by atoms with Gasteiger partial charge in [0, 0.05) is 23.9 Å². The molecule has 1 aliphatic rings. The summed E-state index contributed by atoms with van der Waals surface area (Å²) >= 11 is 0. The van der Waals surface area contributed by atoms with Crippen LogP contribution in [0.3, 0.4) is 0 Å². The lowest BCUT2D eigenvalue weighted by atomic mass is 10.1. The minimum atomic E-state index is 0.796. The van der Waals surface area contributed by atoms with E-state index in [0.717, 1.165) is 23.4 Å². The highest BCUT2D eigenvalue weighted by atomic mass is 16.6. The highest BCUT2D eigenvalue weighted by molar-refractivity contribution is 5.66. The number of hydrazine groups is 1. The number of nitrogens with one attached hydrogen (secondary N) is 1. The van der Waals surface area contributed by atoms with Gasteiger partial charge in [0.2, 0.25) is 0 Å². The Balaban J connectivity index is 2.39. The lowest BCUT2D eigenvalue weighted by molar-refractivity contribution is 0.334. The van der Waals surface area contributed by atoms with Crippen LogP contribution >= 0.6 is 0 Å². The number of benzene rings is 1. The number of nitrogen functional groups attached to an aromatic ring is 1. The first kappa shape index (κ1) is 7.12. The number of rotatable bonds is 1. The highest BCUT2D eigenvalue weighted by Crippen LogP contribution is 2.24. The summed E-state index contributed by atoms with van der Waals surface area (Å²) in [6, 6.07) is 5.64. The van der Waals surface area contributed by atoms with E-state index in [4.69, 9.17) is 10.7 Å². The molecule has 1 heterocycles. The van der Waals surface area contributed by atoms with Crippen LogP contribution in [0.25, 0.3) is 0 Å². The first-order valence-corrected chi connectivity index (χ1v) is 3.68. The first-order chi connectivity index (χ1) is 5.90. The van der Waals surface area contributed by atoms with Crippen LogP contribution in [-0.2, 0) is 6.42 Å². The molecule has 0 saturated carbocycles. The summed E-state index contributed by atoms with van der Waals surface area (Å²) in [7, 11) is 0. The van der Waals surface area contributed by atoms with Crippen molar-refractivity contribution in [3.05, 3.63) is 23.8 Å². The van der Waals surface area contributed by atoms with Gasteiger partial charge in [0.15, 0.2) is 5.75 Å². The molecule has 0 bridgehead atoms. The fraction of sp³-hybridized carbons (Fsp3) is 0.125. The molecule has 0 atom stereocenters. The molecule has 1 aromatic carbocycles. The molecule has 3 N–H and O–H groups in total. The van der Waals surface area contributed by atoms with Crippen molar-refractivity contribution in [1.29, 1.82) is 0 Å². The smallest absolute Gasteiger partial charge is 0.161 e. The van der Waals surface area contributed by atoms with Gasteiger partial charge in [0.05, 0.1) is 0 Å². The maximum Gasteiger partial charge on any atom is 0.161 e. The van der Waals surface area contributed by atoms with Gasteiger partial charge >= 0.3 is 0 Å². The zero-order chi connectivity index (χ0) is 8.39. The molecule has 0 fully saturated rings. The van der Waals surface area contributed by atoms with Crippen molar-refractivity contribution < 1.29 is 4.84 Å². The quantitative estimate of drug-likeness (QED) is 0.477. The van der Waals surface area contributed by atoms with Crippen LogP contribution in [0.2, 0.25) is 0 Å². The van der Waals surface area contributed by atoms with Gasteiger partial charge in [-0.05, 0) is 18.2 Å². The highest BCUT2D eigenvalue weighted by Gasteiger charge is 2.07. The molecular formula is C8H9N3O. The summed E-state index contributed by atoms with van der Waals surface area (Å²) in [5.74, 6) is 6.06. The minimum absolute atomic E-state index is 0.796. The van der Waals surface area contributed by atoms with Crippen LogP contribution in [0.15, 0.2) is 23.4 Å². The van der Waals surface area contributed by atoms with Crippen LogP contribution < -0.4 is 16.1 Å². The van der Waals surface area contributed by atoms with Gasteiger partial charge in [-0.3, -0.25) is 5.84 Å². The van der Waals surface area contributed by atoms with E-state index in [1.54, 1.807) is 6.21 Å². The molecule has 1 aliphatic heterocycles. The van der Waals surface area contributed by atoms with Crippen LogP contribution in [0.1, 0.15) is 5.56 Å². The fourth-order valence-corrected chi connectivity index (χ4v) is 1.15. The molecule has 12 heavy (non-hydrogen) atoms. The predicted molar refractivity (Wildman–Crippen MR) is 47.1 cm³/mol. The molecule has 0 aromatic heterocycles. The molecule has 0 spiro atoms. The van der Waals surface area contributed by atoms with Gasteiger partial charge in [0.1, 0.15) is 0 Å². The summed E-state index contributed by atoms with van der Waals surface area (Å²) in [5.41, 5.74) is 4.56. The monoisotopic (exact) mass is 163 g/mol. The number of nitrogens with two attached hydrogens (primary N) is 1. The standard InChI is InChI=1S/C8H9N3O/c9-11-7-1-2-8-6(5-7)3-4-10-12-8/h1-2,4-5,11H,3,9H2. The third-order valence-electron chi connectivity index (χ3n) is 1.76. The topological polar surface area (TPSA) is 59.6 Å². The molecule has 0 radical (unpaired) electrons. The van der Waals surface area contributed by atoms with Gasteiger partial charge in [-0.1, -0.05) is 5.16 Å². The van der Waals surface area contributed by atoms with Crippen molar-refractivity contribution in [2.75, 3.05) is 5.43 Å². The second-order valence-corrected chi connectivity index (χ2v) is 2.55. The molecule has 2 rings (SSSR count). The number of oxime groups is 1. The van der Waals surface area contributed by atoms with Crippen LogP contribution in [-0.4, -0.2) is 6.21 Å². The van der Waals surface area contributed by atoms with Crippen molar-refractivity contribution in [3.63, 3.8) is 0 Å². The van der Waals surface area contributed by atoms with Crippen LogP contribution in [0, 0.1) is 0 Å². The second kappa shape index (κ2) is 2.83. The minimum Gasteiger partial charge on any atom is -0.357 e. The van der Waals surface area contributed by atoms with Crippen LogP contribution in [0.5, 0.6) is 5.75 Å². The Kier molecular flexibility index (Phi) is 1.68.